The highest BCUT2D eigenvalue weighted by atomic mass is 79.9. The van der Waals surface area contributed by atoms with E-state index in [0.717, 1.165) is 17.5 Å². The van der Waals surface area contributed by atoms with Gasteiger partial charge in [-0.15, -0.1) is 0 Å². The number of hydrogen-bond donors (Lipinski definition) is 0. The topological polar surface area (TPSA) is 9.23 Å². The summed E-state index contributed by atoms with van der Waals surface area (Å²) in [5, 5.41) is 0. The molecule has 2 heteroatoms. The molecule has 0 unspecified atom stereocenters. The van der Waals surface area contributed by atoms with Crippen molar-refractivity contribution in [3.63, 3.8) is 0 Å². The van der Waals surface area contributed by atoms with Gasteiger partial charge in [0.05, 0.1) is 12.7 Å². The number of benzene rings is 1. The predicted octanol–water partition coefficient (Wildman–Crippen LogP) is 2.91. The first-order valence-corrected chi connectivity index (χ1v) is 4.94. The van der Waals surface area contributed by atoms with Crippen molar-refractivity contribution in [2.24, 2.45) is 0 Å². The Balaban J connectivity index is 2.37. The number of ether oxygens (including phenoxy) is 1. The summed E-state index contributed by atoms with van der Waals surface area (Å²) in [4.78, 5) is 0. The van der Waals surface area contributed by atoms with Crippen LogP contribution in [-0.4, -0.2) is 6.10 Å². The third-order valence-electron chi connectivity index (χ3n) is 2.20. The van der Waals surface area contributed by atoms with Crippen molar-refractivity contribution in [1.29, 1.82) is 0 Å². The van der Waals surface area contributed by atoms with Crippen molar-refractivity contribution in [3.8, 4) is 0 Å². The van der Waals surface area contributed by atoms with Crippen LogP contribution in [0.15, 0.2) is 22.7 Å². The van der Waals surface area contributed by atoms with Crippen LogP contribution < -0.4 is 0 Å². The Bertz CT molecular complexity index is 296. The Kier molecular flexibility index (Phi) is 2.20. The lowest BCUT2D eigenvalue weighted by atomic mass is 10.0. The minimum Gasteiger partial charge on any atom is -0.373 e. The Hall–Kier alpha value is -0.340. The average molecular weight is 227 g/mol. The molecule has 1 aliphatic rings. The van der Waals surface area contributed by atoms with Gasteiger partial charge in [-0.25, -0.2) is 0 Å². The fourth-order valence-electron chi connectivity index (χ4n) is 1.53. The number of rotatable bonds is 0. The summed E-state index contributed by atoms with van der Waals surface area (Å²) in [6.45, 7) is 2.88. The summed E-state index contributed by atoms with van der Waals surface area (Å²) in [7, 11) is 0. The van der Waals surface area contributed by atoms with Crippen LogP contribution in [0.25, 0.3) is 0 Å². The minimum atomic E-state index is 0.367. The van der Waals surface area contributed by atoms with Crippen LogP contribution in [-0.2, 0) is 17.8 Å². The third-order valence-corrected chi connectivity index (χ3v) is 2.69. The molecular weight excluding hydrogens is 216 g/mol. The molecule has 0 amide bonds. The van der Waals surface area contributed by atoms with Gasteiger partial charge in [0, 0.05) is 4.47 Å². The maximum Gasteiger partial charge on any atom is 0.0723 e. The highest BCUT2D eigenvalue weighted by Crippen LogP contribution is 2.23. The molecule has 1 aromatic carbocycles. The fraction of sp³-hybridized carbons (Fsp3) is 0.400. The smallest absolute Gasteiger partial charge is 0.0723 e. The minimum absolute atomic E-state index is 0.367. The van der Waals surface area contributed by atoms with Gasteiger partial charge in [0.1, 0.15) is 0 Å². The first-order chi connectivity index (χ1) is 5.75. The molecule has 2 rings (SSSR count). The van der Waals surface area contributed by atoms with Crippen LogP contribution in [0, 0.1) is 0 Å². The van der Waals surface area contributed by atoms with Crippen LogP contribution >= 0.6 is 15.9 Å². The zero-order valence-electron chi connectivity index (χ0n) is 7.01. The molecule has 1 atom stereocenters. The Morgan fingerprint density at radius 3 is 3.08 bits per heavy atom. The summed E-state index contributed by atoms with van der Waals surface area (Å²) in [5.74, 6) is 0. The van der Waals surface area contributed by atoms with E-state index in [1.54, 1.807) is 0 Å². The van der Waals surface area contributed by atoms with Crippen LogP contribution in [0.2, 0.25) is 0 Å². The zero-order chi connectivity index (χ0) is 8.55. The van der Waals surface area contributed by atoms with E-state index in [-0.39, 0.29) is 0 Å². The van der Waals surface area contributed by atoms with Crippen molar-refractivity contribution in [2.45, 2.75) is 26.1 Å². The number of halogens is 1. The SMILES string of the molecule is C[C@@H]1Cc2cc(Br)ccc2CO1. The highest BCUT2D eigenvalue weighted by Gasteiger charge is 2.14. The second kappa shape index (κ2) is 3.19. The molecule has 0 N–H and O–H groups in total. The third kappa shape index (κ3) is 1.54. The molecule has 1 nitrogen and oxygen atoms in total. The maximum absolute atomic E-state index is 5.53. The summed E-state index contributed by atoms with van der Waals surface area (Å²) < 4.78 is 6.69. The predicted molar refractivity (Wildman–Crippen MR) is 52.1 cm³/mol. The molecule has 1 aliphatic heterocycles. The normalized spacial score (nSPS) is 22.0. The fourth-order valence-corrected chi connectivity index (χ4v) is 1.93. The molecule has 1 aromatic rings. The monoisotopic (exact) mass is 226 g/mol. The lowest BCUT2D eigenvalue weighted by molar-refractivity contribution is 0.0410. The molecule has 0 spiro atoms. The summed E-state index contributed by atoms with van der Waals surface area (Å²) in [5.41, 5.74) is 2.75. The Morgan fingerprint density at radius 2 is 2.25 bits per heavy atom. The van der Waals surface area contributed by atoms with Gasteiger partial charge in [-0.05, 0) is 36.6 Å². The first-order valence-electron chi connectivity index (χ1n) is 4.14. The van der Waals surface area contributed by atoms with Gasteiger partial charge in [-0.2, -0.15) is 0 Å². The Labute approximate surface area is 80.9 Å². The van der Waals surface area contributed by atoms with Crippen LogP contribution in [0.3, 0.4) is 0 Å². The lowest BCUT2D eigenvalue weighted by Crippen LogP contribution is -2.18. The number of fused-ring (bicyclic) bond motifs is 1. The summed E-state index contributed by atoms with van der Waals surface area (Å²) >= 11 is 3.47. The zero-order valence-corrected chi connectivity index (χ0v) is 8.60. The largest absolute Gasteiger partial charge is 0.373 e. The molecule has 0 bridgehead atoms. The molecule has 64 valence electrons. The van der Waals surface area contributed by atoms with Gasteiger partial charge in [0.15, 0.2) is 0 Å². The molecule has 0 aromatic heterocycles. The molecule has 0 aliphatic carbocycles. The maximum atomic E-state index is 5.53. The molecular formula is C10H11BrO. The van der Waals surface area contributed by atoms with Crippen molar-refractivity contribution < 1.29 is 4.74 Å². The van der Waals surface area contributed by atoms with Gasteiger partial charge < -0.3 is 4.74 Å². The summed E-state index contributed by atoms with van der Waals surface area (Å²) in [6.07, 6.45) is 1.40. The summed E-state index contributed by atoms with van der Waals surface area (Å²) in [6, 6.07) is 6.39. The second-order valence-electron chi connectivity index (χ2n) is 3.24. The number of hydrogen-bond acceptors (Lipinski definition) is 1. The van der Waals surface area contributed by atoms with E-state index in [4.69, 9.17) is 4.74 Å². The van der Waals surface area contributed by atoms with Gasteiger partial charge in [0.25, 0.3) is 0 Å². The van der Waals surface area contributed by atoms with Crippen molar-refractivity contribution in [2.75, 3.05) is 0 Å². The van der Waals surface area contributed by atoms with Gasteiger partial charge in [-0.3, -0.25) is 0 Å². The second-order valence-corrected chi connectivity index (χ2v) is 4.15. The van der Waals surface area contributed by atoms with E-state index in [2.05, 4.69) is 41.1 Å². The van der Waals surface area contributed by atoms with E-state index < -0.39 is 0 Å². The van der Waals surface area contributed by atoms with Crippen molar-refractivity contribution in [3.05, 3.63) is 33.8 Å². The standard InChI is InChI=1S/C10H11BrO/c1-7-4-9-5-10(11)3-2-8(9)6-12-7/h2-3,5,7H,4,6H2,1H3/t7-/m1/s1. The van der Waals surface area contributed by atoms with Gasteiger partial charge in [-0.1, -0.05) is 22.0 Å². The first kappa shape index (κ1) is 8.27. The average Bonchev–Trinajstić information content (AvgIpc) is 2.03. The van der Waals surface area contributed by atoms with Crippen LogP contribution in [0.1, 0.15) is 18.1 Å². The molecule has 0 saturated heterocycles. The van der Waals surface area contributed by atoms with E-state index in [1.807, 2.05) is 0 Å². The van der Waals surface area contributed by atoms with Gasteiger partial charge >= 0.3 is 0 Å². The van der Waals surface area contributed by atoms with E-state index in [0.29, 0.717) is 6.10 Å². The van der Waals surface area contributed by atoms with Crippen LogP contribution in [0.4, 0.5) is 0 Å². The van der Waals surface area contributed by atoms with E-state index >= 15 is 0 Å². The van der Waals surface area contributed by atoms with Crippen LogP contribution in [0.5, 0.6) is 0 Å². The van der Waals surface area contributed by atoms with E-state index in [9.17, 15) is 0 Å². The molecule has 0 fully saturated rings. The van der Waals surface area contributed by atoms with Gasteiger partial charge in [0.2, 0.25) is 0 Å². The Morgan fingerprint density at radius 1 is 1.42 bits per heavy atom. The lowest BCUT2D eigenvalue weighted by Gasteiger charge is -2.22. The quantitative estimate of drug-likeness (QED) is 0.662. The molecule has 12 heavy (non-hydrogen) atoms. The molecule has 0 saturated carbocycles. The molecule has 1 heterocycles. The van der Waals surface area contributed by atoms with Crippen molar-refractivity contribution in [1.82, 2.24) is 0 Å². The highest BCUT2D eigenvalue weighted by molar-refractivity contribution is 9.10. The van der Waals surface area contributed by atoms with E-state index in [1.165, 1.54) is 11.1 Å². The van der Waals surface area contributed by atoms with Crippen molar-refractivity contribution >= 4 is 15.9 Å². The molecule has 0 radical (unpaired) electrons.